The minimum Gasteiger partial charge on any atom is -0.356 e. The highest BCUT2D eigenvalue weighted by molar-refractivity contribution is 5.87. The lowest BCUT2D eigenvalue weighted by Gasteiger charge is -2.19. The second kappa shape index (κ2) is 8.66. The van der Waals surface area contributed by atoms with Crippen molar-refractivity contribution in [2.45, 2.75) is 39.2 Å². The standard InChI is InChI=1S/C21H27N5O/c1-14(2)20-25-19(27-26-20)12-13-23-21(22-4)24-15(3)17-11-7-9-16-8-5-6-10-18(16)17/h5-11,14-15H,12-13H2,1-4H3,(H2,22,23,24). The van der Waals surface area contributed by atoms with Gasteiger partial charge in [-0.05, 0) is 23.3 Å². The highest BCUT2D eigenvalue weighted by atomic mass is 16.5. The number of hydrogen-bond donors (Lipinski definition) is 2. The van der Waals surface area contributed by atoms with Crippen molar-refractivity contribution >= 4 is 16.7 Å². The van der Waals surface area contributed by atoms with Gasteiger partial charge in [-0.15, -0.1) is 0 Å². The van der Waals surface area contributed by atoms with Gasteiger partial charge in [-0.1, -0.05) is 61.5 Å². The van der Waals surface area contributed by atoms with E-state index < -0.39 is 0 Å². The predicted octanol–water partition coefficient (Wildman–Crippen LogP) is 3.81. The Morgan fingerprint density at radius 3 is 2.63 bits per heavy atom. The average Bonchev–Trinajstić information content (AvgIpc) is 3.16. The third-order valence-electron chi connectivity index (χ3n) is 4.50. The van der Waals surface area contributed by atoms with E-state index in [9.17, 15) is 0 Å². The Labute approximate surface area is 160 Å². The van der Waals surface area contributed by atoms with Crippen molar-refractivity contribution in [1.29, 1.82) is 0 Å². The molecule has 0 amide bonds. The van der Waals surface area contributed by atoms with E-state index in [1.54, 1.807) is 7.05 Å². The third kappa shape index (κ3) is 4.64. The molecule has 142 valence electrons. The Bertz CT molecular complexity index is 910. The molecule has 6 heteroatoms. The first kappa shape index (κ1) is 18.9. The van der Waals surface area contributed by atoms with Crippen molar-refractivity contribution in [3.8, 4) is 0 Å². The number of rotatable bonds is 6. The van der Waals surface area contributed by atoms with Gasteiger partial charge in [0.15, 0.2) is 11.8 Å². The first-order chi connectivity index (χ1) is 13.1. The summed E-state index contributed by atoms with van der Waals surface area (Å²) in [6.45, 7) is 6.91. The smallest absolute Gasteiger partial charge is 0.228 e. The average molecular weight is 365 g/mol. The summed E-state index contributed by atoms with van der Waals surface area (Å²) in [6, 6.07) is 14.9. The van der Waals surface area contributed by atoms with E-state index in [0.29, 0.717) is 18.9 Å². The zero-order valence-corrected chi connectivity index (χ0v) is 16.4. The van der Waals surface area contributed by atoms with Crippen LogP contribution in [0.1, 0.15) is 50.0 Å². The van der Waals surface area contributed by atoms with Crippen LogP contribution in [0.15, 0.2) is 52.0 Å². The minimum atomic E-state index is 0.123. The quantitative estimate of drug-likeness (QED) is 0.513. The number of fused-ring (bicyclic) bond motifs is 1. The Morgan fingerprint density at radius 2 is 1.89 bits per heavy atom. The second-order valence-electron chi connectivity index (χ2n) is 6.88. The van der Waals surface area contributed by atoms with Crippen molar-refractivity contribution in [1.82, 2.24) is 20.8 Å². The van der Waals surface area contributed by atoms with E-state index in [4.69, 9.17) is 4.52 Å². The van der Waals surface area contributed by atoms with Crippen LogP contribution >= 0.6 is 0 Å². The van der Waals surface area contributed by atoms with Gasteiger partial charge in [0.2, 0.25) is 5.89 Å². The van der Waals surface area contributed by atoms with Crippen LogP contribution < -0.4 is 10.6 Å². The molecule has 0 spiro atoms. The molecule has 3 rings (SSSR count). The molecule has 1 atom stereocenters. The topological polar surface area (TPSA) is 75.3 Å². The molecule has 1 aromatic heterocycles. The summed E-state index contributed by atoms with van der Waals surface area (Å²) in [6.07, 6.45) is 0.656. The Morgan fingerprint density at radius 1 is 1.11 bits per heavy atom. The van der Waals surface area contributed by atoms with Crippen LogP contribution in [-0.2, 0) is 6.42 Å². The Hall–Kier alpha value is -2.89. The first-order valence-corrected chi connectivity index (χ1v) is 9.35. The molecule has 0 aliphatic heterocycles. The third-order valence-corrected chi connectivity index (χ3v) is 4.50. The summed E-state index contributed by atoms with van der Waals surface area (Å²) in [4.78, 5) is 8.72. The van der Waals surface area contributed by atoms with Crippen molar-refractivity contribution in [3.63, 3.8) is 0 Å². The lowest BCUT2D eigenvalue weighted by Crippen LogP contribution is -2.39. The fourth-order valence-corrected chi connectivity index (χ4v) is 3.00. The fraction of sp³-hybridized carbons (Fsp3) is 0.381. The maximum absolute atomic E-state index is 5.28. The molecule has 0 aliphatic rings. The van der Waals surface area contributed by atoms with Crippen molar-refractivity contribution in [3.05, 3.63) is 59.7 Å². The van der Waals surface area contributed by atoms with Crippen LogP contribution in [0.3, 0.4) is 0 Å². The molecule has 6 nitrogen and oxygen atoms in total. The molecule has 1 unspecified atom stereocenters. The molecule has 2 N–H and O–H groups in total. The van der Waals surface area contributed by atoms with Gasteiger partial charge in [0, 0.05) is 25.9 Å². The van der Waals surface area contributed by atoms with Crippen molar-refractivity contribution < 1.29 is 4.52 Å². The molecule has 0 saturated heterocycles. The van der Waals surface area contributed by atoms with Crippen LogP contribution in [0, 0.1) is 0 Å². The molecular formula is C21H27N5O. The van der Waals surface area contributed by atoms with Gasteiger partial charge in [0.05, 0.1) is 6.04 Å². The van der Waals surface area contributed by atoms with Crippen LogP contribution in [0.5, 0.6) is 0 Å². The number of benzene rings is 2. The van der Waals surface area contributed by atoms with E-state index in [0.717, 1.165) is 11.8 Å². The number of guanidine groups is 1. The summed E-state index contributed by atoms with van der Waals surface area (Å²) in [7, 11) is 1.77. The van der Waals surface area contributed by atoms with Gasteiger partial charge in [-0.25, -0.2) is 0 Å². The van der Waals surface area contributed by atoms with E-state index in [1.807, 2.05) is 13.8 Å². The van der Waals surface area contributed by atoms with E-state index in [1.165, 1.54) is 16.3 Å². The summed E-state index contributed by atoms with van der Waals surface area (Å²) in [5.74, 6) is 2.41. The van der Waals surface area contributed by atoms with Gasteiger partial charge in [-0.2, -0.15) is 4.98 Å². The first-order valence-electron chi connectivity index (χ1n) is 9.35. The van der Waals surface area contributed by atoms with E-state index in [-0.39, 0.29) is 12.0 Å². The Balaban J connectivity index is 1.59. The summed E-state index contributed by atoms with van der Waals surface area (Å²) < 4.78 is 5.28. The molecule has 2 aromatic carbocycles. The molecule has 1 heterocycles. The molecule has 0 radical (unpaired) electrons. The zero-order chi connectivity index (χ0) is 19.2. The minimum absolute atomic E-state index is 0.123. The number of nitrogens with one attached hydrogen (secondary N) is 2. The maximum Gasteiger partial charge on any atom is 0.228 e. The van der Waals surface area contributed by atoms with Gasteiger partial charge in [0.25, 0.3) is 0 Å². The monoisotopic (exact) mass is 365 g/mol. The van der Waals surface area contributed by atoms with Gasteiger partial charge in [0.1, 0.15) is 0 Å². The molecule has 27 heavy (non-hydrogen) atoms. The number of aromatic nitrogens is 2. The molecular weight excluding hydrogens is 338 g/mol. The molecule has 0 fully saturated rings. The highest BCUT2D eigenvalue weighted by Crippen LogP contribution is 2.23. The van der Waals surface area contributed by atoms with Gasteiger partial charge < -0.3 is 15.2 Å². The normalized spacial score (nSPS) is 13.1. The number of hydrogen-bond acceptors (Lipinski definition) is 4. The lowest BCUT2D eigenvalue weighted by atomic mass is 10.00. The maximum atomic E-state index is 5.28. The molecule has 3 aromatic rings. The fourth-order valence-electron chi connectivity index (χ4n) is 3.00. The van der Waals surface area contributed by atoms with Crippen LogP contribution in [0.4, 0.5) is 0 Å². The van der Waals surface area contributed by atoms with E-state index >= 15 is 0 Å². The second-order valence-corrected chi connectivity index (χ2v) is 6.88. The summed E-state index contributed by atoms with van der Waals surface area (Å²) in [5.41, 5.74) is 1.24. The van der Waals surface area contributed by atoms with Crippen LogP contribution in [0.25, 0.3) is 10.8 Å². The molecule has 0 saturated carbocycles. The Kier molecular flexibility index (Phi) is 6.06. The molecule has 0 aliphatic carbocycles. The largest absolute Gasteiger partial charge is 0.356 e. The van der Waals surface area contributed by atoms with Crippen LogP contribution in [0.2, 0.25) is 0 Å². The predicted molar refractivity (Wildman–Crippen MR) is 109 cm³/mol. The summed E-state index contributed by atoms with van der Waals surface area (Å²) in [5, 5.41) is 13.3. The lowest BCUT2D eigenvalue weighted by molar-refractivity contribution is 0.371. The number of aliphatic imine (C=N–C) groups is 1. The highest BCUT2D eigenvalue weighted by Gasteiger charge is 2.12. The molecule has 0 bridgehead atoms. The SMILES string of the molecule is CN=C(NCCc1nc(C(C)C)no1)NC(C)c1cccc2ccccc12. The van der Waals surface area contributed by atoms with Gasteiger partial charge in [-0.3, -0.25) is 4.99 Å². The van der Waals surface area contributed by atoms with Crippen molar-refractivity contribution in [2.24, 2.45) is 4.99 Å². The summed E-state index contributed by atoms with van der Waals surface area (Å²) >= 11 is 0. The zero-order valence-electron chi connectivity index (χ0n) is 16.4. The van der Waals surface area contributed by atoms with Crippen LogP contribution in [-0.4, -0.2) is 29.7 Å². The number of nitrogens with zero attached hydrogens (tertiary/aromatic N) is 3. The van der Waals surface area contributed by atoms with E-state index in [2.05, 4.69) is 75.2 Å². The van der Waals surface area contributed by atoms with Crippen molar-refractivity contribution in [2.75, 3.05) is 13.6 Å². The van der Waals surface area contributed by atoms with Gasteiger partial charge >= 0.3 is 0 Å².